The van der Waals surface area contributed by atoms with E-state index in [1.165, 1.54) is 10.2 Å². The average Bonchev–Trinajstić information content (AvgIpc) is 3.21. The molecule has 4 N–H and O–H groups in total. The predicted molar refractivity (Wildman–Crippen MR) is 138 cm³/mol. The molecule has 0 radical (unpaired) electrons. The largest absolute Gasteiger partial charge is 0.338 e. The van der Waals surface area contributed by atoms with Gasteiger partial charge in [-0.25, -0.2) is 14.5 Å². The molecule has 0 aliphatic carbocycles. The molecule has 0 aliphatic rings. The summed E-state index contributed by atoms with van der Waals surface area (Å²) in [6.07, 6.45) is 0. The molecule has 4 aromatic rings. The number of fused-ring (bicyclic) bond motifs is 1. The van der Waals surface area contributed by atoms with Gasteiger partial charge in [-0.3, -0.25) is 10.1 Å². The van der Waals surface area contributed by atoms with Crippen LogP contribution < -0.4 is 16.5 Å². The second kappa shape index (κ2) is 10.6. The third-order valence-electron chi connectivity index (χ3n) is 5.23. The Bertz CT molecular complexity index is 1370. The Morgan fingerprint density at radius 1 is 1.09 bits per heavy atom. The zero-order valence-corrected chi connectivity index (χ0v) is 20.6. The van der Waals surface area contributed by atoms with Gasteiger partial charge in [0.15, 0.2) is 5.82 Å². The van der Waals surface area contributed by atoms with Gasteiger partial charge >= 0.3 is 6.03 Å². The lowest BCUT2D eigenvalue weighted by molar-refractivity contribution is -0.117. The van der Waals surface area contributed by atoms with Gasteiger partial charge in [0.25, 0.3) is 0 Å². The van der Waals surface area contributed by atoms with Crippen LogP contribution in [0.25, 0.3) is 33.5 Å². The smallest absolute Gasteiger partial charge is 0.321 e. The second-order valence-corrected chi connectivity index (χ2v) is 9.50. The number of pyridine rings is 1. The van der Waals surface area contributed by atoms with Crippen molar-refractivity contribution in [2.75, 3.05) is 18.1 Å². The lowest BCUT2D eigenvalue weighted by Gasteiger charge is -2.10. The third-order valence-corrected chi connectivity index (χ3v) is 6.17. The Balaban J connectivity index is 1.57. The fourth-order valence-electron chi connectivity index (χ4n) is 3.43. The molecule has 3 amide bonds. The van der Waals surface area contributed by atoms with Crippen molar-refractivity contribution in [3.63, 3.8) is 0 Å². The number of nitrogens with one attached hydrogen (secondary N) is 2. The Hall–Kier alpha value is -3.92. The van der Waals surface area contributed by atoms with Crippen molar-refractivity contribution in [3.05, 3.63) is 60.2 Å². The number of nitrogens with zero attached hydrogens (tertiary/aromatic N) is 4. The number of thioether (sulfide) groups is 1. The minimum atomic E-state index is -0.522. The number of rotatable bonds is 7. The molecule has 9 nitrogen and oxygen atoms in total. The molecule has 35 heavy (non-hydrogen) atoms. The van der Waals surface area contributed by atoms with Gasteiger partial charge in [-0.2, -0.15) is 0 Å². The molecule has 0 atom stereocenters. The summed E-state index contributed by atoms with van der Waals surface area (Å²) in [6.45, 7) is 6.47. The Morgan fingerprint density at radius 3 is 2.57 bits per heavy atom. The first kappa shape index (κ1) is 24.2. The quantitative estimate of drug-likeness (QED) is 0.266. The van der Waals surface area contributed by atoms with Gasteiger partial charge in [0.1, 0.15) is 0 Å². The van der Waals surface area contributed by atoms with Crippen molar-refractivity contribution in [1.29, 1.82) is 0 Å². The van der Waals surface area contributed by atoms with Crippen molar-refractivity contribution in [2.24, 2.45) is 5.92 Å². The minimum absolute atomic E-state index is 0.0316. The monoisotopic (exact) mass is 489 g/mol. The van der Waals surface area contributed by atoms with Gasteiger partial charge in [-0.1, -0.05) is 73.6 Å². The molecule has 0 unspecified atom stereocenters. The summed E-state index contributed by atoms with van der Waals surface area (Å²) in [6, 6.07) is 17.3. The van der Waals surface area contributed by atoms with Crippen LogP contribution in [0, 0.1) is 12.8 Å². The fourth-order valence-corrected chi connectivity index (χ4v) is 4.08. The van der Waals surface area contributed by atoms with E-state index in [0.717, 1.165) is 39.5 Å². The number of aromatic nitrogens is 4. The molecule has 2 aromatic heterocycles. The molecule has 2 aromatic carbocycles. The zero-order valence-electron chi connectivity index (χ0n) is 19.8. The van der Waals surface area contributed by atoms with Crippen molar-refractivity contribution < 1.29 is 9.59 Å². The van der Waals surface area contributed by atoms with Gasteiger partial charge in [-0.15, -0.1) is 10.2 Å². The Morgan fingerprint density at radius 2 is 1.83 bits per heavy atom. The molecule has 0 saturated heterocycles. The van der Waals surface area contributed by atoms with Crippen LogP contribution in [0.3, 0.4) is 0 Å². The van der Waals surface area contributed by atoms with Crippen molar-refractivity contribution >= 4 is 34.6 Å². The molecule has 0 fully saturated rings. The highest BCUT2D eigenvalue weighted by Crippen LogP contribution is 2.32. The number of nitrogens with two attached hydrogens (primary N) is 1. The third kappa shape index (κ3) is 5.78. The van der Waals surface area contributed by atoms with Crippen molar-refractivity contribution in [1.82, 2.24) is 30.5 Å². The van der Waals surface area contributed by atoms with E-state index in [2.05, 4.69) is 20.8 Å². The predicted octanol–water partition coefficient (Wildman–Crippen LogP) is 3.76. The van der Waals surface area contributed by atoms with Crippen molar-refractivity contribution in [2.45, 2.75) is 25.9 Å². The average molecular weight is 490 g/mol. The standard InChI is InChI=1S/C25H27N7O2S/c1-15(2)13-27-24(34)29-22(33)14-35-25-31-30-23(32(25)26)19-12-21(17-10-8-16(3)9-11-17)28-20-7-5-4-6-18(19)20/h4-12,15H,13-14,26H2,1-3H3,(H2,27,29,33,34). The first-order valence-electron chi connectivity index (χ1n) is 11.2. The number of benzene rings is 2. The number of urea groups is 1. The summed E-state index contributed by atoms with van der Waals surface area (Å²) in [5.41, 5.74) is 4.53. The van der Waals surface area contributed by atoms with E-state index in [1.807, 2.05) is 75.4 Å². The number of carbonyl (C=O) groups is 2. The summed E-state index contributed by atoms with van der Waals surface area (Å²) in [7, 11) is 0. The highest BCUT2D eigenvalue weighted by molar-refractivity contribution is 7.99. The van der Waals surface area contributed by atoms with E-state index < -0.39 is 11.9 Å². The second-order valence-electron chi connectivity index (χ2n) is 8.56. The van der Waals surface area contributed by atoms with E-state index >= 15 is 0 Å². The van der Waals surface area contributed by atoms with Crippen LogP contribution in [-0.4, -0.2) is 44.1 Å². The van der Waals surface area contributed by atoms with E-state index in [9.17, 15) is 9.59 Å². The summed E-state index contributed by atoms with van der Waals surface area (Å²) in [4.78, 5) is 28.8. The number of nitrogen functional groups attached to an aromatic ring is 1. The molecule has 0 spiro atoms. The van der Waals surface area contributed by atoms with Gasteiger partial charge in [0.05, 0.1) is 17.0 Å². The van der Waals surface area contributed by atoms with E-state index in [1.54, 1.807) is 0 Å². The molecule has 10 heteroatoms. The number of aryl methyl sites for hydroxylation is 1. The summed E-state index contributed by atoms with van der Waals surface area (Å²) >= 11 is 1.10. The van der Waals surface area contributed by atoms with Crippen LogP contribution in [0.5, 0.6) is 0 Å². The van der Waals surface area contributed by atoms with Gasteiger partial charge in [-0.05, 0) is 25.0 Å². The normalized spacial score (nSPS) is 11.1. The van der Waals surface area contributed by atoms with Gasteiger partial charge in [0.2, 0.25) is 11.1 Å². The van der Waals surface area contributed by atoms with E-state index in [0.29, 0.717) is 17.5 Å². The van der Waals surface area contributed by atoms with Crippen LogP contribution >= 0.6 is 11.8 Å². The van der Waals surface area contributed by atoms with Crippen LogP contribution in [0.2, 0.25) is 0 Å². The van der Waals surface area contributed by atoms with E-state index in [4.69, 9.17) is 10.8 Å². The van der Waals surface area contributed by atoms with Crippen LogP contribution in [-0.2, 0) is 4.79 Å². The lowest BCUT2D eigenvalue weighted by Crippen LogP contribution is -2.41. The molecular weight excluding hydrogens is 462 g/mol. The number of hydrogen-bond acceptors (Lipinski definition) is 7. The molecule has 0 bridgehead atoms. The Kier molecular flexibility index (Phi) is 7.31. The molecule has 0 saturated carbocycles. The number of hydrogen-bond donors (Lipinski definition) is 3. The maximum absolute atomic E-state index is 12.2. The minimum Gasteiger partial charge on any atom is -0.338 e. The number of para-hydroxylation sites is 1. The highest BCUT2D eigenvalue weighted by Gasteiger charge is 2.18. The fraction of sp³-hybridized carbons (Fsp3) is 0.240. The maximum Gasteiger partial charge on any atom is 0.321 e. The van der Waals surface area contributed by atoms with Gasteiger partial charge < -0.3 is 11.2 Å². The topological polar surface area (TPSA) is 128 Å². The van der Waals surface area contributed by atoms with Crippen LogP contribution in [0.15, 0.2) is 59.8 Å². The summed E-state index contributed by atoms with van der Waals surface area (Å²) in [5, 5.41) is 14.7. The summed E-state index contributed by atoms with van der Waals surface area (Å²) in [5.74, 6) is 6.60. The van der Waals surface area contributed by atoms with Crippen molar-refractivity contribution in [3.8, 4) is 22.6 Å². The molecule has 0 aliphatic heterocycles. The summed E-state index contributed by atoms with van der Waals surface area (Å²) < 4.78 is 1.36. The first-order chi connectivity index (χ1) is 16.8. The Labute approximate surface area is 207 Å². The number of carbonyl (C=O) groups excluding carboxylic acids is 2. The van der Waals surface area contributed by atoms with E-state index in [-0.39, 0.29) is 11.7 Å². The maximum atomic E-state index is 12.2. The molecular formula is C25H27N7O2S. The highest BCUT2D eigenvalue weighted by atomic mass is 32.2. The SMILES string of the molecule is Cc1ccc(-c2cc(-c3nnc(SCC(=O)NC(=O)NCC(C)C)n3N)c3ccccc3n2)cc1. The first-order valence-corrected chi connectivity index (χ1v) is 12.2. The number of imide groups is 1. The number of amides is 3. The zero-order chi connectivity index (χ0) is 24.9. The molecule has 4 rings (SSSR count). The van der Waals surface area contributed by atoms with Crippen LogP contribution in [0.1, 0.15) is 19.4 Å². The van der Waals surface area contributed by atoms with Gasteiger partial charge in [0, 0.05) is 23.1 Å². The molecule has 180 valence electrons. The molecule has 2 heterocycles. The van der Waals surface area contributed by atoms with Crippen LogP contribution in [0.4, 0.5) is 4.79 Å². The lowest BCUT2D eigenvalue weighted by atomic mass is 10.0.